The quantitative estimate of drug-likeness (QED) is 0.756. The molecule has 0 aromatic carbocycles. The minimum Gasteiger partial charge on any atom is -0.504 e. The normalized spacial score (nSPS) is 10.6. The Balaban J connectivity index is 3.45. The van der Waals surface area contributed by atoms with Crippen molar-refractivity contribution in [2.75, 3.05) is 0 Å². The summed E-state index contributed by atoms with van der Waals surface area (Å²) in [4.78, 5) is 13.6. The van der Waals surface area contributed by atoms with E-state index in [-0.39, 0.29) is 0 Å². The molecule has 0 spiro atoms. The van der Waals surface area contributed by atoms with Crippen LogP contribution in [-0.4, -0.2) is 16.0 Å². The summed E-state index contributed by atoms with van der Waals surface area (Å²) < 4.78 is 37.3. The van der Waals surface area contributed by atoms with Crippen molar-refractivity contribution in [3.8, 4) is 5.75 Å². The van der Waals surface area contributed by atoms with Gasteiger partial charge in [-0.1, -0.05) is 0 Å². The summed E-state index contributed by atoms with van der Waals surface area (Å²) in [5, 5.41) is 8.77. The predicted molar refractivity (Wildman–Crippen MR) is 39.3 cm³/mol. The van der Waals surface area contributed by atoms with Crippen LogP contribution in [0.2, 0.25) is 0 Å². The van der Waals surface area contributed by atoms with Gasteiger partial charge in [-0.15, -0.1) is 0 Å². The Labute approximate surface area is 76.2 Å². The average Bonchev–Trinajstić information content (AvgIpc) is 2.08. The Bertz CT molecular complexity index is 381. The number of hydrogen-bond donors (Lipinski definition) is 2. The molecule has 0 aliphatic carbocycles. The Morgan fingerprint density at radius 2 is 2.14 bits per heavy atom. The molecule has 0 radical (unpaired) electrons. The summed E-state index contributed by atoms with van der Waals surface area (Å²) >= 11 is 0. The van der Waals surface area contributed by atoms with Crippen LogP contribution in [0.1, 0.15) is 22.5 Å². The number of alkyl halides is 2. The van der Waals surface area contributed by atoms with Gasteiger partial charge in [-0.05, 0) is 0 Å². The number of nitrogens with two attached hydrogens (primary N) is 1. The maximum atomic E-state index is 12.9. The van der Waals surface area contributed by atoms with Gasteiger partial charge in [0.2, 0.25) is 0 Å². The fraction of sp³-hybridized carbons (Fsp3) is 0.143. The van der Waals surface area contributed by atoms with E-state index in [1.807, 2.05) is 0 Å². The topological polar surface area (TPSA) is 76.2 Å². The Morgan fingerprint density at radius 1 is 1.57 bits per heavy atom. The van der Waals surface area contributed by atoms with E-state index in [9.17, 15) is 18.0 Å². The summed E-state index contributed by atoms with van der Waals surface area (Å²) in [6, 6.07) is 0. The van der Waals surface area contributed by atoms with Gasteiger partial charge in [0.25, 0.3) is 12.3 Å². The van der Waals surface area contributed by atoms with Gasteiger partial charge in [-0.3, -0.25) is 9.78 Å². The van der Waals surface area contributed by atoms with Gasteiger partial charge < -0.3 is 10.8 Å². The van der Waals surface area contributed by atoms with Crippen LogP contribution < -0.4 is 5.73 Å². The van der Waals surface area contributed by atoms with Crippen LogP contribution >= 0.6 is 0 Å². The number of carbonyl (C=O) groups is 1. The van der Waals surface area contributed by atoms with Crippen molar-refractivity contribution in [2.24, 2.45) is 5.73 Å². The molecule has 14 heavy (non-hydrogen) atoms. The van der Waals surface area contributed by atoms with Crippen LogP contribution in [0.5, 0.6) is 5.75 Å². The molecule has 1 heterocycles. The lowest BCUT2D eigenvalue weighted by Gasteiger charge is -2.06. The highest BCUT2D eigenvalue weighted by Gasteiger charge is 2.24. The molecular weight excluding hydrogens is 201 g/mol. The van der Waals surface area contributed by atoms with Gasteiger partial charge in [-0.2, -0.15) is 0 Å². The van der Waals surface area contributed by atoms with E-state index in [0.717, 1.165) is 0 Å². The number of aromatic hydroxyl groups is 1. The van der Waals surface area contributed by atoms with E-state index in [4.69, 9.17) is 5.11 Å². The van der Waals surface area contributed by atoms with Crippen molar-refractivity contribution in [1.29, 1.82) is 0 Å². The molecule has 0 unspecified atom stereocenters. The molecule has 1 amide bonds. The second-order valence-electron chi connectivity index (χ2n) is 2.38. The Kier molecular flexibility index (Phi) is 2.59. The molecule has 0 saturated heterocycles. The summed E-state index contributed by atoms with van der Waals surface area (Å²) in [5.41, 5.74) is 2.50. The van der Waals surface area contributed by atoms with Gasteiger partial charge in [0.05, 0.1) is 6.20 Å². The van der Waals surface area contributed by atoms with Crippen molar-refractivity contribution in [1.82, 2.24) is 4.98 Å². The van der Waals surface area contributed by atoms with Gasteiger partial charge in [0, 0.05) is 0 Å². The maximum Gasteiger partial charge on any atom is 0.281 e. The second kappa shape index (κ2) is 3.52. The van der Waals surface area contributed by atoms with Crippen molar-refractivity contribution in [3.63, 3.8) is 0 Å². The molecule has 0 saturated carbocycles. The Morgan fingerprint density at radius 3 is 2.57 bits per heavy atom. The van der Waals surface area contributed by atoms with Crippen LogP contribution in [0.4, 0.5) is 13.2 Å². The third-order valence-corrected chi connectivity index (χ3v) is 1.48. The largest absolute Gasteiger partial charge is 0.504 e. The summed E-state index contributed by atoms with van der Waals surface area (Å²) in [6.07, 6.45) is -2.64. The molecule has 3 N–H and O–H groups in total. The lowest BCUT2D eigenvalue weighted by atomic mass is 10.1. The van der Waals surface area contributed by atoms with E-state index < -0.39 is 35.2 Å². The fourth-order valence-electron chi connectivity index (χ4n) is 0.892. The third kappa shape index (κ3) is 1.61. The maximum absolute atomic E-state index is 12.9. The molecule has 1 aromatic rings. The van der Waals surface area contributed by atoms with Crippen LogP contribution in [0.3, 0.4) is 0 Å². The standard InChI is InChI=1S/C7H5F3N2O2/c8-4-2(13)1-12-5(6(9)10)3(4)7(11)14/h1,6,13H,(H2,11,14). The number of pyridine rings is 1. The first kappa shape index (κ1) is 10.3. The molecule has 4 nitrogen and oxygen atoms in total. The van der Waals surface area contributed by atoms with Crippen LogP contribution in [0, 0.1) is 5.82 Å². The van der Waals surface area contributed by atoms with E-state index in [1.54, 1.807) is 0 Å². The minimum absolute atomic E-state index is 0.489. The zero-order valence-electron chi connectivity index (χ0n) is 6.67. The average molecular weight is 206 g/mol. The van der Waals surface area contributed by atoms with Gasteiger partial charge in [0.1, 0.15) is 11.3 Å². The number of nitrogens with zero attached hydrogens (tertiary/aromatic N) is 1. The number of halogens is 3. The smallest absolute Gasteiger partial charge is 0.281 e. The van der Waals surface area contributed by atoms with Crippen LogP contribution in [0.25, 0.3) is 0 Å². The number of primary amides is 1. The molecule has 1 aromatic heterocycles. The fourth-order valence-corrected chi connectivity index (χ4v) is 0.892. The monoisotopic (exact) mass is 206 g/mol. The lowest BCUT2D eigenvalue weighted by Crippen LogP contribution is -2.17. The SMILES string of the molecule is NC(=O)c1c(C(F)F)ncc(O)c1F. The molecular formula is C7H5F3N2O2. The number of aromatic nitrogens is 1. The lowest BCUT2D eigenvalue weighted by molar-refractivity contribution is 0.0976. The number of amides is 1. The Hall–Kier alpha value is -1.79. The van der Waals surface area contributed by atoms with Crippen molar-refractivity contribution < 1.29 is 23.1 Å². The highest BCUT2D eigenvalue weighted by Crippen LogP contribution is 2.26. The molecule has 0 aliphatic heterocycles. The zero-order valence-corrected chi connectivity index (χ0v) is 6.67. The molecule has 76 valence electrons. The molecule has 0 aliphatic rings. The zero-order chi connectivity index (χ0) is 10.9. The third-order valence-electron chi connectivity index (χ3n) is 1.48. The van der Waals surface area contributed by atoms with E-state index >= 15 is 0 Å². The minimum atomic E-state index is -3.13. The van der Waals surface area contributed by atoms with Gasteiger partial charge in [0.15, 0.2) is 11.6 Å². The molecule has 1 rings (SSSR count). The molecule has 0 bridgehead atoms. The highest BCUT2D eigenvalue weighted by atomic mass is 19.3. The molecule has 0 fully saturated rings. The van der Waals surface area contributed by atoms with Crippen molar-refractivity contribution in [3.05, 3.63) is 23.3 Å². The van der Waals surface area contributed by atoms with Crippen LogP contribution in [0.15, 0.2) is 6.20 Å². The highest BCUT2D eigenvalue weighted by molar-refractivity contribution is 5.94. The van der Waals surface area contributed by atoms with E-state index in [1.165, 1.54) is 0 Å². The number of rotatable bonds is 2. The van der Waals surface area contributed by atoms with E-state index in [0.29, 0.717) is 6.20 Å². The first-order valence-corrected chi connectivity index (χ1v) is 3.40. The number of hydrogen-bond acceptors (Lipinski definition) is 3. The summed E-state index contributed by atoms with van der Waals surface area (Å²) in [6.45, 7) is 0. The molecule has 0 atom stereocenters. The van der Waals surface area contributed by atoms with Crippen LogP contribution in [-0.2, 0) is 0 Å². The summed E-state index contributed by atoms with van der Waals surface area (Å²) in [5.74, 6) is -3.88. The predicted octanol–water partition coefficient (Wildman–Crippen LogP) is 0.963. The van der Waals surface area contributed by atoms with Gasteiger partial charge in [-0.25, -0.2) is 13.2 Å². The first-order chi connectivity index (χ1) is 6.45. The molecule has 7 heteroatoms. The number of carbonyl (C=O) groups excluding carboxylic acids is 1. The van der Waals surface area contributed by atoms with E-state index in [2.05, 4.69) is 10.7 Å². The summed E-state index contributed by atoms with van der Waals surface area (Å²) in [7, 11) is 0. The van der Waals surface area contributed by atoms with Crippen molar-refractivity contribution in [2.45, 2.75) is 6.43 Å². The first-order valence-electron chi connectivity index (χ1n) is 3.40. The second-order valence-corrected chi connectivity index (χ2v) is 2.38. The van der Waals surface area contributed by atoms with Gasteiger partial charge >= 0.3 is 0 Å². The van der Waals surface area contributed by atoms with Crippen molar-refractivity contribution >= 4 is 5.91 Å².